The van der Waals surface area contributed by atoms with Crippen LogP contribution in [0.5, 0.6) is 0 Å². The summed E-state index contributed by atoms with van der Waals surface area (Å²) in [5.74, 6) is -2.25. The van der Waals surface area contributed by atoms with Gasteiger partial charge in [0.25, 0.3) is 0 Å². The first-order chi connectivity index (χ1) is 14.3. The number of carbonyl (C=O) groups is 3. The normalized spacial score (nSPS) is 28.9. The number of fused-ring (bicyclic) bond motifs is 1. The predicted octanol–water partition coefficient (Wildman–Crippen LogP) is 3.13. The summed E-state index contributed by atoms with van der Waals surface area (Å²) in [5.41, 5.74) is 1.71. The van der Waals surface area contributed by atoms with E-state index >= 15 is 0 Å². The van der Waals surface area contributed by atoms with Gasteiger partial charge in [0.2, 0.25) is 0 Å². The first-order valence-corrected chi connectivity index (χ1v) is 10.1. The topological polar surface area (TPSA) is 108 Å². The van der Waals surface area contributed by atoms with Crippen molar-refractivity contribution in [2.24, 2.45) is 11.8 Å². The zero-order valence-corrected chi connectivity index (χ0v) is 17.7. The van der Waals surface area contributed by atoms with Crippen LogP contribution in [0, 0.1) is 11.8 Å². The Bertz CT molecular complexity index is 735. The lowest BCUT2D eigenvalue weighted by Gasteiger charge is -2.29. The minimum atomic E-state index is -0.720. The van der Waals surface area contributed by atoms with E-state index in [1.54, 1.807) is 13.0 Å². The molecule has 0 aromatic heterocycles. The Morgan fingerprint density at radius 3 is 2.70 bits per heavy atom. The molecule has 1 heterocycles. The van der Waals surface area contributed by atoms with Gasteiger partial charge in [0.05, 0.1) is 11.8 Å². The maximum absolute atomic E-state index is 12.6. The van der Waals surface area contributed by atoms with Gasteiger partial charge in [0.15, 0.2) is 0 Å². The summed E-state index contributed by atoms with van der Waals surface area (Å²) in [7, 11) is 0. The number of hydrogen-bond acceptors (Lipinski definition) is 8. The van der Waals surface area contributed by atoms with E-state index in [-0.39, 0.29) is 37.1 Å². The molecule has 0 unspecified atom stereocenters. The average molecular weight is 422 g/mol. The van der Waals surface area contributed by atoms with E-state index in [1.807, 2.05) is 13.0 Å². The second kappa shape index (κ2) is 11.1. The molecule has 1 aliphatic carbocycles. The fraction of sp³-hybridized carbons (Fsp3) is 0.591. The van der Waals surface area contributed by atoms with E-state index in [9.17, 15) is 14.4 Å². The first kappa shape index (κ1) is 23.8. The maximum Gasteiger partial charge on any atom is 0.334 e. The van der Waals surface area contributed by atoms with Gasteiger partial charge < -0.3 is 14.2 Å². The molecule has 1 N–H and O–H groups in total. The van der Waals surface area contributed by atoms with Crippen LogP contribution in [0.1, 0.15) is 46.5 Å². The number of rotatable bonds is 7. The van der Waals surface area contributed by atoms with Crippen molar-refractivity contribution in [1.29, 1.82) is 0 Å². The third-order valence-electron chi connectivity index (χ3n) is 5.42. The number of ether oxygens (including phenoxy) is 3. The molecule has 1 aliphatic heterocycles. The van der Waals surface area contributed by atoms with E-state index in [2.05, 4.69) is 11.5 Å². The smallest absolute Gasteiger partial charge is 0.334 e. The molecule has 8 nitrogen and oxygen atoms in total. The molecule has 1 fully saturated rings. The van der Waals surface area contributed by atoms with Crippen LogP contribution < -0.4 is 0 Å². The summed E-state index contributed by atoms with van der Waals surface area (Å²) < 4.78 is 16.4. The lowest BCUT2D eigenvalue weighted by atomic mass is 9.85. The van der Waals surface area contributed by atoms with E-state index < -0.39 is 30.1 Å². The number of carbonyl (C=O) groups excluding carboxylic acids is 3. The van der Waals surface area contributed by atoms with Crippen molar-refractivity contribution in [2.45, 2.75) is 58.7 Å². The van der Waals surface area contributed by atoms with Crippen molar-refractivity contribution in [2.75, 3.05) is 13.2 Å². The third-order valence-corrected chi connectivity index (χ3v) is 5.42. The molecule has 4 atom stereocenters. The van der Waals surface area contributed by atoms with Crippen LogP contribution in [0.2, 0.25) is 0 Å². The van der Waals surface area contributed by atoms with Crippen molar-refractivity contribution in [3.05, 3.63) is 35.5 Å². The van der Waals surface area contributed by atoms with Crippen molar-refractivity contribution in [3.8, 4) is 0 Å². The zero-order valence-electron chi connectivity index (χ0n) is 17.7. The first-order valence-electron chi connectivity index (χ1n) is 10.1. The highest BCUT2D eigenvalue weighted by molar-refractivity contribution is 5.91. The van der Waals surface area contributed by atoms with Gasteiger partial charge in [0.1, 0.15) is 25.4 Å². The monoisotopic (exact) mass is 422 g/mol. The van der Waals surface area contributed by atoms with Crippen molar-refractivity contribution >= 4 is 17.9 Å². The molecular formula is C22H30O8. The van der Waals surface area contributed by atoms with Crippen LogP contribution >= 0.6 is 0 Å². The van der Waals surface area contributed by atoms with Gasteiger partial charge in [-0.25, -0.2) is 9.68 Å². The van der Waals surface area contributed by atoms with Gasteiger partial charge in [-0.05, 0) is 36.5 Å². The van der Waals surface area contributed by atoms with Gasteiger partial charge in [0, 0.05) is 18.9 Å². The Morgan fingerprint density at radius 1 is 1.33 bits per heavy atom. The molecule has 1 saturated heterocycles. The molecule has 8 heteroatoms. The molecule has 2 rings (SSSR count). The summed E-state index contributed by atoms with van der Waals surface area (Å²) in [5, 5.41) is 8.90. The summed E-state index contributed by atoms with van der Waals surface area (Å²) >= 11 is 0. The Kier molecular flexibility index (Phi) is 8.80. The molecular weight excluding hydrogens is 392 g/mol. The highest BCUT2D eigenvalue weighted by Gasteiger charge is 2.45. The molecule has 166 valence electrons. The molecule has 0 aromatic carbocycles. The molecule has 30 heavy (non-hydrogen) atoms. The van der Waals surface area contributed by atoms with Crippen LogP contribution in [0.4, 0.5) is 0 Å². The Morgan fingerprint density at radius 2 is 2.07 bits per heavy atom. The van der Waals surface area contributed by atoms with Gasteiger partial charge in [-0.1, -0.05) is 26.5 Å². The Hall–Kier alpha value is -2.45. The molecule has 0 amide bonds. The molecule has 0 aromatic rings. The number of hydrogen-bond donors (Lipinski definition) is 1. The third kappa shape index (κ3) is 6.27. The number of allylic oxidation sites excluding steroid dienone is 1. The highest BCUT2D eigenvalue weighted by atomic mass is 17.1. The van der Waals surface area contributed by atoms with Crippen LogP contribution in [-0.2, 0) is 33.5 Å². The minimum absolute atomic E-state index is 0.0440. The van der Waals surface area contributed by atoms with Gasteiger partial charge >= 0.3 is 17.9 Å². The Labute approximate surface area is 176 Å². The van der Waals surface area contributed by atoms with Gasteiger partial charge in [-0.15, -0.1) is 0 Å². The lowest BCUT2D eigenvalue weighted by molar-refractivity contribution is -0.234. The van der Waals surface area contributed by atoms with Crippen LogP contribution in [-0.4, -0.2) is 48.6 Å². The second-order valence-electron chi connectivity index (χ2n) is 7.69. The molecule has 0 saturated carbocycles. The standard InChI is InChI=1S/C22H30O8/c1-5-13(2)21(24)29-18-9-16(11-27-15(4)23)7-6-8-17(12-28-26)10-19-20(18)14(3)22(25)30-19/h7,10,13,18-20,26H,3,5-6,8-9,11-12H2,1-2,4H3/b16-7-,17-10-/t13-,18+,19-,20+/m1/s1. The predicted molar refractivity (Wildman–Crippen MR) is 107 cm³/mol. The minimum Gasteiger partial charge on any atom is -0.461 e. The van der Waals surface area contributed by atoms with Crippen molar-refractivity contribution < 1.29 is 38.7 Å². The summed E-state index contributed by atoms with van der Waals surface area (Å²) in [4.78, 5) is 40.4. The van der Waals surface area contributed by atoms with Crippen LogP contribution in [0.25, 0.3) is 0 Å². The van der Waals surface area contributed by atoms with E-state index in [4.69, 9.17) is 19.5 Å². The van der Waals surface area contributed by atoms with Crippen LogP contribution in [0.15, 0.2) is 35.5 Å². The van der Waals surface area contributed by atoms with Crippen LogP contribution in [0.3, 0.4) is 0 Å². The Balaban J connectivity index is 2.41. The molecule has 0 spiro atoms. The number of esters is 3. The zero-order chi connectivity index (χ0) is 22.3. The SMILES string of the molecule is C=C1C(=O)O[C@@H]2/C=C(\COO)CC/C=C(\COC(C)=O)C[C@H](OC(=O)[C@H](C)CC)[C@H]12. The largest absolute Gasteiger partial charge is 0.461 e. The highest BCUT2D eigenvalue weighted by Crippen LogP contribution is 2.36. The van der Waals surface area contributed by atoms with Gasteiger partial charge in [-0.2, -0.15) is 0 Å². The quantitative estimate of drug-likeness (QED) is 0.166. The van der Waals surface area contributed by atoms with Crippen molar-refractivity contribution in [3.63, 3.8) is 0 Å². The van der Waals surface area contributed by atoms with E-state index in [0.717, 1.165) is 11.1 Å². The van der Waals surface area contributed by atoms with E-state index in [1.165, 1.54) is 6.92 Å². The molecule has 2 aliphatic rings. The lowest BCUT2D eigenvalue weighted by Crippen LogP contribution is -2.35. The molecule has 0 radical (unpaired) electrons. The summed E-state index contributed by atoms with van der Waals surface area (Å²) in [6.45, 7) is 8.86. The average Bonchev–Trinajstić information content (AvgIpc) is 2.97. The summed E-state index contributed by atoms with van der Waals surface area (Å²) in [6, 6.07) is 0. The molecule has 0 bridgehead atoms. The summed E-state index contributed by atoms with van der Waals surface area (Å²) in [6.07, 6.45) is 4.26. The van der Waals surface area contributed by atoms with Crippen molar-refractivity contribution in [1.82, 2.24) is 0 Å². The maximum atomic E-state index is 12.6. The van der Waals surface area contributed by atoms with Gasteiger partial charge in [-0.3, -0.25) is 14.8 Å². The second-order valence-corrected chi connectivity index (χ2v) is 7.69. The van der Waals surface area contributed by atoms with E-state index in [0.29, 0.717) is 19.3 Å². The fourth-order valence-electron chi connectivity index (χ4n) is 3.49. The fourth-order valence-corrected chi connectivity index (χ4v) is 3.49.